The molecule has 0 aliphatic carbocycles. The molecule has 6 nitrogen and oxygen atoms in total. The lowest BCUT2D eigenvalue weighted by Crippen LogP contribution is -2.44. The van der Waals surface area contributed by atoms with Gasteiger partial charge < -0.3 is 16.4 Å². The summed E-state index contributed by atoms with van der Waals surface area (Å²) < 4.78 is 0. The van der Waals surface area contributed by atoms with Gasteiger partial charge >= 0.3 is 0 Å². The second-order valence-electron chi connectivity index (χ2n) is 4.82. The molecule has 0 saturated heterocycles. The number of nitrogens with two attached hydrogens (primary N) is 1. The van der Waals surface area contributed by atoms with Crippen LogP contribution in [0.2, 0.25) is 0 Å². The van der Waals surface area contributed by atoms with E-state index < -0.39 is 11.9 Å². The second kappa shape index (κ2) is 9.35. The van der Waals surface area contributed by atoms with Crippen molar-refractivity contribution < 1.29 is 14.4 Å². The van der Waals surface area contributed by atoms with Crippen molar-refractivity contribution >= 4 is 17.7 Å². The van der Waals surface area contributed by atoms with Crippen LogP contribution in [0.15, 0.2) is 0 Å². The number of carbonyl (C=O) groups is 3. The van der Waals surface area contributed by atoms with E-state index in [0.717, 1.165) is 12.8 Å². The topological polar surface area (TPSA) is 101 Å². The molecule has 1 atom stereocenters. The molecule has 0 unspecified atom stereocenters. The summed E-state index contributed by atoms with van der Waals surface area (Å²) in [7, 11) is 0. The summed E-state index contributed by atoms with van der Waals surface area (Å²) in [5.41, 5.74) is 5.22. The number of nitrogens with one attached hydrogen (secondary N) is 2. The summed E-state index contributed by atoms with van der Waals surface area (Å²) in [4.78, 5) is 33.6. The Balaban J connectivity index is 3.85. The van der Waals surface area contributed by atoms with Crippen LogP contribution in [0.4, 0.5) is 0 Å². The van der Waals surface area contributed by atoms with Crippen LogP contribution in [0, 0.1) is 5.92 Å². The normalized spacial score (nSPS) is 12.0. The zero-order valence-electron chi connectivity index (χ0n) is 12.0. The number of primary amides is 1. The highest BCUT2D eigenvalue weighted by Gasteiger charge is 2.16. The summed E-state index contributed by atoms with van der Waals surface area (Å²) in [5, 5.41) is 5.38. The minimum atomic E-state index is -0.617. The Labute approximate surface area is 114 Å². The molecule has 3 amide bonds. The maximum absolute atomic E-state index is 11.3. The van der Waals surface area contributed by atoms with E-state index in [2.05, 4.69) is 10.6 Å². The molecule has 0 saturated carbocycles. The Bertz CT molecular complexity index is 316. The van der Waals surface area contributed by atoms with E-state index in [1.54, 1.807) is 6.92 Å². The van der Waals surface area contributed by atoms with E-state index >= 15 is 0 Å². The van der Waals surface area contributed by atoms with Crippen molar-refractivity contribution in [2.45, 2.75) is 52.5 Å². The molecule has 0 aromatic rings. The molecule has 0 fully saturated rings. The lowest BCUT2D eigenvalue weighted by atomic mass is 10.1. The van der Waals surface area contributed by atoms with E-state index in [9.17, 15) is 14.4 Å². The fourth-order valence-corrected chi connectivity index (χ4v) is 1.47. The number of hydrogen-bond acceptors (Lipinski definition) is 3. The molecule has 0 aliphatic heterocycles. The molecule has 19 heavy (non-hydrogen) atoms. The predicted molar refractivity (Wildman–Crippen MR) is 73.1 cm³/mol. The Hall–Kier alpha value is -1.59. The van der Waals surface area contributed by atoms with Crippen molar-refractivity contribution in [3.63, 3.8) is 0 Å². The Kier molecular flexibility index (Phi) is 8.57. The number of amides is 3. The van der Waals surface area contributed by atoms with Crippen molar-refractivity contribution in [3.8, 4) is 0 Å². The monoisotopic (exact) mass is 271 g/mol. The molecule has 4 N–H and O–H groups in total. The van der Waals surface area contributed by atoms with E-state index in [-0.39, 0.29) is 17.7 Å². The van der Waals surface area contributed by atoms with Gasteiger partial charge in [-0.3, -0.25) is 14.4 Å². The van der Waals surface area contributed by atoms with Gasteiger partial charge in [-0.2, -0.15) is 0 Å². The van der Waals surface area contributed by atoms with Crippen LogP contribution in [0.1, 0.15) is 46.5 Å². The number of rotatable bonds is 9. The largest absolute Gasteiger partial charge is 0.368 e. The molecule has 0 radical (unpaired) electrons. The maximum atomic E-state index is 11.3. The van der Waals surface area contributed by atoms with E-state index in [0.29, 0.717) is 19.4 Å². The molecule has 110 valence electrons. The summed E-state index contributed by atoms with van der Waals surface area (Å²) in [6.07, 6.45) is 2.30. The summed E-state index contributed by atoms with van der Waals surface area (Å²) >= 11 is 0. The van der Waals surface area contributed by atoms with Crippen LogP contribution in [0.5, 0.6) is 0 Å². The molecule has 6 heteroatoms. The third kappa shape index (κ3) is 8.18. The van der Waals surface area contributed by atoms with Crippen molar-refractivity contribution in [1.29, 1.82) is 0 Å². The lowest BCUT2D eigenvalue weighted by molar-refractivity contribution is -0.127. The molecular weight excluding hydrogens is 246 g/mol. The fourth-order valence-electron chi connectivity index (χ4n) is 1.47. The van der Waals surface area contributed by atoms with Gasteiger partial charge in [0.05, 0.1) is 0 Å². The van der Waals surface area contributed by atoms with Gasteiger partial charge in [0.25, 0.3) is 0 Å². The molecule has 0 rings (SSSR count). The van der Waals surface area contributed by atoms with Crippen LogP contribution in [-0.2, 0) is 14.4 Å². The third-order valence-electron chi connectivity index (χ3n) is 2.74. The Morgan fingerprint density at radius 3 is 2.26 bits per heavy atom. The van der Waals surface area contributed by atoms with Gasteiger partial charge in [-0.25, -0.2) is 0 Å². The lowest BCUT2D eigenvalue weighted by Gasteiger charge is -2.15. The Morgan fingerprint density at radius 2 is 1.79 bits per heavy atom. The van der Waals surface area contributed by atoms with Gasteiger partial charge in [-0.15, -0.1) is 0 Å². The molecular formula is C13H25N3O3. The predicted octanol–water partition coefficient (Wildman–Crippen LogP) is 0.309. The van der Waals surface area contributed by atoms with E-state index in [1.807, 2.05) is 13.8 Å². The SMILES string of the molecule is CCC(=O)N[C@@H](CCCCNC(=O)C(C)C)C(N)=O. The third-order valence-corrected chi connectivity index (χ3v) is 2.74. The van der Waals surface area contributed by atoms with Crippen LogP contribution in [0.25, 0.3) is 0 Å². The van der Waals surface area contributed by atoms with E-state index in [1.165, 1.54) is 0 Å². The quantitative estimate of drug-likeness (QED) is 0.526. The van der Waals surface area contributed by atoms with Gasteiger partial charge in [0.1, 0.15) is 6.04 Å². The highest BCUT2D eigenvalue weighted by Crippen LogP contribution is 2.01. The van der Waals surface area contributed by atoms with Crippen molar-refractivity contribution in [2.24, 2.45) is 11.7 Å². The minimum Gasteiger partial charge on any atom is -0.368 e. The number of hydrogen-bond donors (Lipinski definition) is 3. The van der Waals surface area contributed by atoms with Crippen molar-refractivity contribution in [2.75, 3.05) is 6.54 Å². The van der Waals surface area contributed by atoms with E-state index in [4.69, 9.17) is 5.73 Å². The Morgan fingerprint density at radius 1 is 1.16 bits per heavy atom. The highest BCUT2D eigenvalue weighted by molar-refractivity contribution is 5.86. The van der Waals surface area contributed by atoms with Gasteiger partial charge in [-0.05, 0) is 19.3 Å². The zero-order valence-corrected chi connectivity index (χ0v) is 12.0. The zero-order chi connectivity index (χ0) is 14.8. The molecule has 0 heterocycles. The first-order valence-electron chi connectivity index (χ1n) is 6.74. The molecule has 0 spiro atoms. The minimum absolute atomic E-state index is 0.0192. The van der Waals surface area contributed by atoms with Crippen LogP contribution in [-0.4, -0.2) is 30.3 Å². The second-order valence-corrected chi connectivity index (χ2v) is 4.82. The summed E-state index contributed by atoms with van der Waals surface area (Å²) in [6.45, 7) is 5.95. The van der Waals surface area contributed by atoms with Crippen LogP contribution in [0.3, 0.4) is 0 Å². The molecule has 0 bridgehead atoms. The standard InChI is InChI=1S/C13H25N3O3/c1-4-11(17)16-10(12(14)18)7-5-6-8-15-13(19)9(2)3/h9-10H,4-8H2,1-3H3,(H2,14,18)(H,15,19)(H,16,17)/t10-/m0/s1. The molecule has 0 aromatic carbocycles. The van der Waals surface area contributed by atoms with Crippen LogP contribution >= 0.6 is 0 Å². The highest BCUT2D eigenvalue weighted by atomic mass is 16.2. The summed E-state index contributed by atoms with van der Waals surface area (Å²) in [6, 6.07) is -0.617. The molecule has 0 aromatic heterocycles. The first kappa shape index (κ1) is 17.4. The first-order valence-corrected chi connectivity index (χ1v) is 6.74. The van der Waals surface area contributed by atoms with Crippen molar-refractivity contribution in [3.05, 3.63) is 0 Å². The van der Waals surface area contributed by atoms with Gasteiger partial charge in [-0.1, -0.05) is 20.8 Å². The summed E-state index contributed by atoms with van der Waals surface area (Å²) in [5.74, 6) is -0.710. The maximum Gasteiger partial charge on any atom is 0.239 e. The average Bonchev–Trinajstić information content (AvgIpc) is 2.35. The van der Waals surface area contributed by atoms with Crippen LogP contribution < -0.4 is 16.4 Å². The molecule has 0 aliphatic rings. The average molecular weight is 271 g/mol. The van der Waals surface area contributed by atoms with Gasteiger partial charge in [0.2, 0.25) is 17.7 Å². The van der Waals surface area contributed by atoms with Gasteiger partial charge in [0, 0.05) is 18.9 Å². The smallest absolute Gasteiger partial charge is 0.239 e. The van der Waals surface area contributed by atoms with Gasteiger partial charge in [0.15, 0.2) is 0 Å². The first-order chi connectivity index (χ1) is 8.88. The fraction of sp³-hybridized carbons (Fsp3) is 0.769. The number of carbonyl (C=O) groups excluding carboxylic acids is 3. The number of unbranched alkanes of at least 4 members (excludes halogenated alkanes) is 1. The van der Waals surface area contributed by atoms with Crippen molar-refractivity contribution in [1.82, 2.24) is 10.6 Å².